The average molecular weight is 364 g/mol. The Labute approximate surface area is 156 Å². The van der Waals surface area contributed by atoms with E-state index in [-0.39, 0.29) is 5.56 Å². The first-order valence-corrected chi connectivity index (χ1v) is 8.81. The Hall–Kier alpha value is -2.85. The molecule has 0 spiro atoms. The van der Waals surface area contributed by atoms with Crippen molar-refractivity contribution in [1.82, 2.24) is 14.5 Å². The van der Waals surface area contributed by atoms with Crippen molar-refractivity contribution in [2.45, 2.75) is 20.4 Å². The zero-order chi connectivity index (χ0) is 18.3. The standard InChI is InChI=1S/C21H18ClN3O/c1-13-9-18-19(10-14(13)2)25(12-15-5-3-6-16(22)11-15)20(24-18)17-7-4-8-23-21(17)26/h3-11H,12H2,1-2H3,(H,23,26). The van der Waals surface area contributed by atoms with Gasteiger partial charge in [0, 0.05) is 17.8 Å². The molecular formula is C21H18ClN3O. The fraction of sp³-hybridized carbons (Fsp3) is 0.143. The van der Waals surface area contributed by atoms with Gasteiger partial charge in [0.2, 0.25) is 0 Å². The van der Waals surface area contributed by atoms with Gasteiger partial charge in [-0.25, -0.2) is 4.98 Å². The highest BCUT2D eigenvalue weighted by Crippen LogP contribution is 2.27. The average Bonchev–Trinajstić information content (AvgIpc) is 2.93. The van der Waals surface area contributed by atoms with E-state index in [0.717, 1.165) is 16.6 Å². The second-order valence-electron chi connectivity index (χ2n) is 6.49. The van der Waals surface area contributed by atoms with Gasteiger partial charge < -0.3 is 9.55 Å². The molecule has 0 aliphatic heterocycles. The number of halogens is 1. The van der Waals surface area contributed by atoms with Crippen molar-refractivity contribution in [1.29, 1.82) is 0 Å². The molecule has 2 aromatic carbocycles. The molecule has 0 fully saturated rings. The van der Waals surface area contributed by atoms with Crippen molar-refractivity contribution < 1.29 is 0 Å². The summed E-state index contributed by atoms with van der Waals surface area (Å²) in [6.07, 6.45) is 1.63. The van der Waals surface area contributed by atoms with Crippen LogP contribution in [0.1, 0.15) is 16.7 Å². The molecular weight excluding hydrogens is 346 g/mol. The number of imidazole rings is 1. The third-order valence-corrected chi connectivity index (χ3v) is 4.89. The van der Waals surface area contributed by atoms with Gasteiger partial charge in [-0.2, -0.15) is 0 Å². The van der Waals surface area contributed by atoms with E-state index in [1.54, 1.807) is 12.3 Å². The molecule has 0 radical (unpaired) electrons. The maximum absolute atomic E-state index is 12.4. The van der Waals surface area contributed by atoms with Crippen LogP contribution >= 0.6 is 11.6 Å². The molecule has 0 unspecified atom stereocenters. The molecule has 4 rings (SSSR count). The fourth-order valence-corrected chi connectivity index (χ4v) is 3.37. The third-order valence-electron chi connectivity index (χ3n) is 4.65. The third kappa shape index (κ3) is 2.93. The van der Waals surface area contributed by atoms with Crippen LogP contribution in [0.2, 0.25) is 5.02 Å². The lowest BCUT2D eigenvalue weighted by Gasteiger charge is -2.10. The molecule has 0 bridgehead atoms. The number of aryl methyl sites for hydroxylation is 2. The van der Waals surface area contributed by atoms with Gasteiger partial charge in [-0.15, -0.1) is 0 Å². The molecule has 0 saturated carbocycles. The van der Waals surface area contributed by atoms with Crippen molar-refractivity contribution in [3.63, 3.8) is 0 Å². The van der Waals surface area contributed by atoms with Crippen molar-refractivity contribution in [3.05, 3.63) is 86.8 Å². The highest BCUT2D eigenvalue weighted by atomic mass is 35.5. The second-order valence-corrected chi connectivity index (χ2v) is 6.93. The molecule has 4 aromatic rings. The summed E-state index contributed by atoms with van der Waals surface area (Å²) >= 11 is 6.15. The lowest BCUT2D eigenvalue weighted by molar-refractivity contribution is 0.832. The zero-order valence-electron chi connectivity index (χ0n) is 14.6. The molecule has 0 aliphatic carbocycles. The van der Waals surface area contributed by atoms with Gasteiger partial charge in [0.25, 0.3) is 5.56 Å². The van der Waals surface area contributed by atoms with Crippen molar-refractivity contribution >= 4 is 22.6 Å². The summed E-state index contributed by atoms with van der Waals surface area (Å²) in [6.45, 7) is 4.74. The van der Waals surface area contributed by atoms with Crippen LogP contribution in [-0.4, -0.2) is 14.5 Å². The molecule has 0 amide bonds. The lowest BCUT2D eigenvalue weighted by atomic mass is 10.1. The summed E-state index contributed by atoms with van der Waals surface area (Å²) in [7, 11) is 0. The highest BCUT2D eigenvalue weighted by molar-refractivity contribution is 6.30. The largest absolute Gasteiger partial charge is 0.328 e. The van der Waals surface area contributed by atoms with Gasteiger partial charge in [0.15, 0.2) is 0 Å². The number of benzene rings is 2. The molecule has 0 atom stereocenters. The molecule has 1 N–H and O–H groups in total. The zero-order valence-corrected chi connectivity index (χ0v) is 15.3. The first-order valence-electron chi connectivity index (χ1n) is 8.43. The predicted molar refractivity (Wildman–Crippen MR) is 106 cm³/mol. The maximum Gasteiger partial charge on any atom is 0.258 e. The molecule has 0 saturated heterocycles. The Balaban J connectivity index is 1.98. The lowest BCUT2D eigenvalue weighted by Crippen LogP contribution is -2.11. The van der Waals surface area contributed by atoms with Gasteiger partial charge in [-0.05, 0) is 66.9 Å². The number of aromatic nitrogens is 3. The Morgan fingerprint density at radius 3 is 2.65 bits per heavy atom. The fourth-order valence-electron chi connectivity index (χ4n) is 3.16. The summed E-state index contributed by atoms with van der Waals surface area (Å²) in [5.74, 6) is 0.659. The highest BCUT2D eigenvalue weighted by Gasteiger charge is 2.16. The van der Waals surface area contributed by atoms with Crippen LogP contribution < -0.4 is 5.56 Å². The van der Waals surface area contributed by atoms with Crippen molar-refractivity contribution in [2.24, 2.45) is 0 Å². The summed E-state index contributed by atoms with van der Waals surface area (Å²) in [6, 6.07) is 15.6. The van der Waals surface area contributed by atoms with Crippen LogP contribution in [0.5, 0.6) is 0 Å². The van der Waals surface area contributed by atoms with Crippen LogP contribution in [0.4, 0.5) is 0 Å². The van der Waals surface area contributed by atoms with Gasteiger partial charge in [-0.3, -0.25) is 4.79 Å². The number of hydrogen-bond donors (Lipinski definition) is 1. The smallest absolute Gasteiger partial charge is 0.258 e. The molecule has 5 heteroatoms. The van der Waals surface area contributed by atoms with Crippen LogP contribution in [0, 0.1) is 13.8 Å². The normalized spacial score (nSPS) is 11.2. The van der Waals surface area contributed by atoms with Crippen LogP contribution in [0.3, 0.4) is 0 Å². The van der Waals surface area contributed by atoms with Gasteiger partial charge in [0.1, 0.15) is 5.82 Å². The Kier molecular flexibility index (Phi) is 4.13. The number of fused-ring (bicyclic) bond motifs is 1. The van der Waals surface area contributed by atoms with Gasteiger partial charge in [-0.1, -0.05) is 23.7 Å². The minimum absolute atomic E-state index is 0.149. The van der Waals surface area contributed by atoms with E-state index >= 15 is 0 Å². The number of H-pyrrole nitrogens is 1. The molecule has 2 heterocycles. The summed E-state index contributed by atoms with van der Waals surface area (Å²) in [5.41, 5.74) is 5.73. The number of nitrogens with one attached hydrogen (secondary N) is 1. The van der Waals surface area contributed by atoms with Crippen LogP contribution in [0.15, 0.2) is 59.5 Å². The maximum atomic E-state index is 12.4. The first-order chi connectivity index (χ1) is 12.5. The van der Waals surface area contributed by atoms with E-state index in [1.165, 1.54) is 11.1 Å². The van der Waals surface area contributed by atoms with E-state index in [9.17, 15) is 4.79 Å². The summed E-state index contributed by atoms with van der Waals surface area (Å²) in [4.78, 5) is 19.9. The Morgan fingerprint density at radius 2 is 1.88 bits per heavy atom. The van der Waals surface area contributed by atoms with E-state index in [2.05, 4.69) is 35.5 Å². The molecule has 130 valence electrons. The van der Waals surface area contributed by atoms with E-state index in [1.807, 2.05) is 30.3 Å². The minimum Gasteiger partial charge on any atom is -0.328 e. The first kappa shape index (κ1) is 16.6. The Bertz CT molecular complexity index is 1170. The molecule has 2 aromatic heterocycles. The monoisotopic (exact) mass is 363 g/mol. The number of aromatic amines is 1. The molecule has 0 aliphatic rings. The number of rotatable bonds is 3. The molecule has 4 nitrogen and oxygen atoms in total. The summed E-state index contributed by atoms with van der Waals surface area (Å²) < 4.78 is 2.08. The van der Waals surface area contributed by atoms with Crippen LogP contribution in [-0.2, 0) is 6.54 Å². The molecule has 26 heavy (non-hydrogen) atoms. The number of pyridine rings is 1. The summed E-state index contributed by atoms with van der Waals surface area (Å²) in [5, 5.41) is 0.693. The SMILES string of the molecule is Cc1cc2nc(-c3ccc[nH]c3=O)n(Cc3cccc(Cl)c3)c2cc1C. The van der Waals surface area contributed by atoms with Gasteiger partial charge >= 0.3 is 0 Å². The second kappa shape index (κ2) is 6.46. The van der Waals surface area contributed by atoms with Crippen LogP contribution in [0.25, 0.3) is 22.4 Å². The minimum atomic E-state index is -0.149. The number of nitrogens with zero attached hydrogens (tertiary/aromatic N) is 2. The Morgan fingerprint density at radius 1 is 1.08 bits per heavy atom. The quantitative estimate of drug-likeness (QED) is 0.573. The van der Waals surface area contributed by atoms with Crippen molar-refractivity contribution in [3.8, 4) is 11.4 Å². The van der Waals surface area contributed by atoms with E-state index in [4.69, 9.17) is 16.6 Å². The topological polar surface area (TPSA) is 50.7 Å². The van der Waals surface area contributed by atoms with Gasteiger partial charge in [0.05, 0.1) is 16.6 Å². The number of hydrogen-bond acceptors (Lipinski definition) is 2. The van der Waals surface area contributed by atoms with Crippen molar-refractivity contribution in [2.75, 3.05) is 0 Å². The van der Waals surface area contributed by atoms with E-state index in [0.29, 0.717) is 23.0 Å². The van der Waals surface area contributed by atoms with E-state index < -0.39 is 0 Å². The predicted octanol–water partition coefficient (Wildman–Crippen LogP) is 4.71.